The SMILES string of the molecule is CCCCCC(=O)NN=C(C)C. The zero-order valence-electron chi connectivity index (χ0n) is 8.18. The van der Waals surface area contributed by atoms with Crippen molar-refractivity contribution in [2.24, 2.45) is 5.10 Å². The van der Waals surface area contributed by atoms with Crippen LogP contribution >= 0.6 is 0 Å². The van der Waals surface area contributed by atoms with Gasteiger partial charge in [0.2, 0.25) is 5.91 Å². The lowest BCUT2D eigenvalue weighted by Gasteiger charge is -1.98. The Morgan fingerprint density at radius 1 is 1.33 bits per heavy atom. The number of hydrogen-bond donors (Lipinski definition) is 1. The van der Waals surface area contributed by atoms with E-state index in [9.17, 15) is 4.79 Å². The minimum Gasteiger partial charge on any atom is -0.273 e. The van der Waals surface area contributed by atoms with Crippen LogP contribution < -0.4 is 5.43 Å². The largest absolute Gasteiger partial charge is 0.273 e. The van der Waals surface area contributed by atoms with Crippen molar-refractivity contribution in [2.75, 3.05) is 0 Å². The number of unbranched alkanes of at least 4 members (excludes halogenated alkanes) is 2. The molecule has 1 N–H and O–H groups in total. The summed E-state index contributed by atoms with van der Waals surface area (Å²) in [5.41, 5.74) is 3.36. The normalized spacial score (nSPS) is 9.25. The molecule has 0 aromatic heterocycles. The third kappa shape index (κ3) is 7.25. The van der Waals surface area contributed by atoms with Gasteiger partial charge in [-0.25, -0.2) is 5.43 Å². The molecule has 0 saturated heterocycles. The predicted molar refractivity (Wildman–Crippen MR) is 51.1 cm³/mol. The standard InChI is InChI=1S/C9H18N2O/c1-4-5-6-7-9(12)11-10-8(2)3/h4-7H2,1-3H3,(H,11,12). The van der Waals surface area contributed by atoms with Crippen molar-refractivity contribution in [1.29, 1.82) is 0 Å². The minimum atomic E-state index is 0.0182. The second-order valence-corrected chi connectivity index (χ2v) is 3.05. The molecule has 0 aliphatic carbocycles. The molecule has 0 unspecified atom stereocenters. The number of rotatable bonds is 5. The van der Waals surface area contributed by atoms with Gasteiger partial charge in [-0.15, -0.1) is 0 Å². The summed E-state index contributed by atoms with van der Waals surface area (Å²) in [4.78, 5) is 11.0. The highest BCUT2D eigenvalue weighted by molar-refractivity contribution is 5.82. The molecule has 0 fully saturated rings. The zero-order valence-corrected chi connectivity index (χ0v) is 8.18. The van der Waals surface area contributed by atoms with Crippen LogP contribution in [-0.2, 0) is 4.79 Å². The van der Waals surface area contributed by atoms with E-state index in [-0.39, 0.29) is 5.91 Å². The fourth-order valence-electron chi connectivity index (χ4n) is 0.766. The van der Waals surface area contributed by atoms with E-state index in [1.165, 1.54) is 0 Å². The number of amides is 1. The molecule has 0 aliphatic heterocycles. The smallest absolute Gasteiger partial charge is 0.240 e. The summed E-state index contributed by atoms with van der Waals surface area (Å²) in [5, 5.41) is 3.82. The average molecular weight is 170 g/mol. The van der Waals surface area contributed by atoms with Crippen molar-refractivity contribution < 1.29 is 4.79 Å². The van der Waals surface area contributed by atoms with Gasteiger partial charge in [-0.3, -0.25) is 4.79 Å². The molecule has 0 aliphatic rings. The van der Waals surface area contributed by atoms with Gasteiger partial charge in [0, 0.05) is 12.1 Å². The first-order valence-corrected chi connectivity index (χ1v) is 4.46. The highest BCUT2D eigenvalue weighted by atomic mass is 16.2. The summed E-state index contributed by atoms with van der Waals surface area (Å²) >= 11 is 0. The van der Waals surface area contributed by atoms with Crippen LogP contribution in [0.1, 0.15) is 46.5 Å². The summed E-state index contributed by atoms with van der Waals surface area (Å²) in [6.07, 6.45) is 3.80. The van der Waals surface area contributed by atoms with Crippen molar-refractivity contribution in [2.45, 2.75) is 46.5 Å². The number of hydrazone groups is 1. The molecule has 0 spiro atoms. The Morgan fingerprint density at radius 2 is 2.00 bits per heavy atom. The van der Waals surface area contributed by atoms with E-state index >= 15 is 0 Å². The lowest BCUT2D eigenvalue weighted by Crippen LogP contribution is -2.17. The monoisotopic (exact) mass is 170 g/mol. The molecule has 0 atom stereocenters. The van der Waals surface area contributed by atoms with Gasteiger partial charge in [-0.2, -0.15) is 5.10 Å². The van der Waals surface area contributed by atoms with Crippen molar-refractivity contribution in [1.82, 2.24) is 5.43 Å². The number of nitrogens with one attached hydrogen (secondary N) is 1. The highest BCUT2D eigenvalue weighted by Crippen LogP contribution is 1.97. The van der Waals surface area contributed by atoms with Gasteiger partial charge in [-0.05, 0) is 20.3 Å². The maximum absolute atomic E-state index is 11.0. The van der Waals surface area contributed by atoms with E-state index in [0.29, 0.717) is 6.42 Å². The summed E-state index contributed by atoms with van der Waals surface area (Å²) in [6.45, 7) is 5.82. The molecule has 0 saturated carbocycles. The second kappa shape index (κ2) is 6.83. The topological polar surface area (TPSA) is 41.5 Å². The van der Waals surface area contributed by atoms with Crippen LogP contribution in [0.2, 0.25) is 0 Å². The fraction of sp³-hybridized carbons (Fsp3) is 0.778. The number of nitrogens with zero attached hydrogens (tertiary/aromatic N) is 1. The van der Waals surface area contributed by atoms with Gasteiger partial charge >= 0.3 is 0 Å². The number of carbonyl (C=O) groups excluding carboxylic acids is 1. The molecule has 12 heavy (non-hydrogen) atoms. The maximum Gasteiger partial charge on any atom is 0.240 e. The lowest BCUT2D eigenvalue weighted by atomic mass is 10.2. The molecule has 70 valence electrons. The van der Waals surface area contributed by atoms with Gasteiger partial charge < -0.3 is 0 Å². The Kier molecular flexibility index (Phi) is 6.34. The quantitative estimate of drug-likeness (QED) is 0.383. The molecular weight excluding hydrogens is 152 g/mol. The van der Waals surface area contributed by atoms with Crippen LogP contribution in [-0.4, -0.2) is 11.6 Å². The van der Waals surface area contributed by atoms with Crippen molar-refractivity contribution in [3.05, 3.63) is 0 Å². The van der Waals surface area contributed by atoms with Crippen molar-refractivity contribution >= 4 is 11.6 Å². The van der Waals surface area contributed by atoms with E-state index in [1.807, 2.05) is 13.8 Å². The predicted octanol–water partition coefficient (Wildman–Crippen LogP) is 2.08. The average Bonchev–Trinajstić information content (AvgIpc) is 2.01. The molecule has 3 nitrogen and oxygen atoms in total. The third-order valence-corrected chi connectivity index (χ3v) is 1.41. The van der Waals surface area contributed by atoms with E-state index in [4.69, 9.17) is 0 Å². The van der Waals surface area contributed by atoms with E-state index in [1.54, 1.807) is 0 Å². The van der Waals surface area contributed by atoms with Crippen LogP contribution in [0.3, 0.4) is 0 Å². The zero-order chi connectivity index (χ0) is 9.40. The Balaban J connectivity index is 3.41. The van der Waals surface area contributed by atoms with Crippen LogP contribution in [0.4, 0.5) is 0 Å². The van der Waals surface area contributed by atoms with Crippen LogP contribution in [0, 0.1) is 0 Å². The Morgan fingerprint density at radius 3 is 2.50 bits per heavy atom. The fourth-order valence-corrected chi connectivity index (χ4v) is 0.766. The van der Waals surface area contributed by atoms with E-state index in [2.05, 4.69) is 17.5 Å². The molecule has 0 bridgehead atoms. The summed E-state index contributed by atoms with van der Waals surface area (Å²) < 4.78 is 0. The van der Waals surface area contributed by atoms with Gasteiger partial charge in [0.15, 0.2) is 0 Å². The first kappa shape index (κ1) is 11.1. The molecule has 1 amide bonds. The minimum absolute atomic E-state index is 0.0182. The Hall–Kier alpha value is -0.860. The second-order valence-electron chi connectivity index (χ2n) is 3.05. The molecule has 0 aromatic carbocycles. The summed E-state index contributed by atoms with van der Waals surface area (Å²) in [5.74, 6) is 0.0182. The lowest BCUT2D eigenvalue weighted by molar-refractivity contribution is -0.121. The van der Waals surface area contributed by atoms with Crippen LogP contribution in [0.15, 0.2) is 5.10 Å². The van der Waals surface area contributed by atoms with Gasteiger partial charge in [0.05, 0.1) is 0 Å². The molecule has 3 heteroatoms. The van der Waals surface area contributed by atoms with E-state index < -0.39 is 0 Å². The van der Waals surface area contributed by atoms with Crippen molar-refractivity contribution in [3.8, 4) is 0 Å². The van der Waals surface area contributed by atoms with Crippen molar-refractivity contribution in [3.63, 3.8) is 0 Å². The molecule has 0 heterocycles. The summed E-state index contributed by atoms with van der Waals surface area (Å²) in [7, 11) is 0. The Bertz CT molecular complexity index is 160. The molecule has 0 aromatic rings. The Labute approximate surface area is 74.2 Å². The molecular formula is C9H18N2O. The van der Waals surface area contributed by atoms with E-state index in [0.717, 1.165) is 25.0 Å². The molecule has 0 radical (unpaired) electrons. The highest BCUT2D eigenvalue weighted by Gasteiger charge is 1.97. The number of carbonyl (C=O) groups is 1. The van der Waals surface area contributed by atoms with Gasteiger partial charge in [0.1, 0.15) is 0 Å². The van der Waals surface area contributed by atoms with Crippen LogP contribution in [0.25, 0.3) is 0 Å². The third-order valence-electron chi connectivity index (χ3n) is 1.41. The maximum atomic E-state index is 11.0. The molecule has 0 rings (SSSR count). The van der Waals surface area contributed by atoms with Crippen LogP contribution in [0.5, 0.6) is 0 Å². The number of hydrogen-bond acceptors (Lipinski definition) is 2. The van der Waals surface area contributed by atoms with Gasteiger partial charge in [0.25, 0.3) is 0 Å². The van der Waals surface area contributed by atoms with Gasteiger partial charge in [-0.1, -0.05) is 19.8 Å². The first-order chi connectivity index (χ1) is 5.66. The first-order valence-electron chi connectivity index (χ1n) is 4.46. The summed E-state index contributed by atoms with van der Waals surface area (Å²) in [6, 6.07) is 0.